The highest BCUT2D eigenvalue weighted by atomic mass is 32.1. The van der Waals surface area contributed by atoms with Crippen molar-refractivity contribution in [3.05, 3.63) is 46.4 Å². The van der Waals surface area contributed by atoms with Crippen LogP contribution in [-0.2, 0) is 0 Å². The number of nitrogens with zero attached hydrogens (tertiary/aromatic N) is 3. The van der Waals surface area contributed by atoms with Gasteiger partial charge in [-0.25, -0.2) is 0 Å². The molecule has 1 unspecified atom stereocenters. The summed E-state index contributed by atoms with van der Waals surface area (Å²) in [6.07, 6.45) is 3.85. The Labute approximate surface area is 145 Å². The van der Waals surface area contributed by atoms with Gasteiger partial charge in [-0.1, -0.05) is 6.07 Å². The Morgan fingerprint density at radius 1 is 1.38 bits per heavy atom. The van der Waals surface area contributed by atoms with Crippen molar-refractivity contribution in [2.45, 2.75) is 25.3 Å². The molecule has 1 aliphatic rings. The van der Waals surface area contributed by atoms with Crippen LogP contribution in [0.15, 0.2) is 35.8 Å². The van der Waals surface area contributed by atoms with Crippen LogP contribution in [0.3, 0.4) is 0 Å². The third-order valence-electron chi connectivity index (χ3n) is 4.33. The van der Waals surface area contributed by atoms with E-state index in [0.29, 0.717) is 18.7 Å². The van der Waals surface area contributed by atoms with Gasteiger partial charge < -0.3 is 9.80 Å². The van der Waals surface area contributed by atoms with Crippen molar-refractivity contribution in [2.24, 2.45) is 0 Å². The minimum atomic E-state index is -0.0832. The van der Waals surface area contributed by atoms with E-state index in [1.54, 1.807) is 12.3 Å². The number of amides is 1. The molecule has 2 aromatic rings. The minimum absolute atomic E-state index is 0.0306. The fourth-order valence-electron chi connectivity index (χ4n) is 3.03. The molecule has 6 heteroatoms. The van der Waals surface area contributed by atoms with Crippen molar-refractivity contribution in [3.8, 4) is 0 Å². The lowest BCUT2D eigenvalue weighted by atomic mass is 10.1. The molecule has 1 aliphatic heterocycles. The molecular formula is C18H21N3O2S. The van der Waals surface area contributed by atoms with E-state index in [1.807, 2.05) is 47.5 Å². The highest BCUT2D eigenvalue weighted by Gasteiger charge is 2.32. The van der Waals surface area contributed by atoms with Gasteiger partial charge in [0.1, 0.15) is 5.69 Å². The number of hydrogen-bond acceptors (Lipinski definition) is 5. The molecule has 0 radical (unpaired) electrons. The summed E-state index contributed by atoms with van der Waals surface area (Å²) < 4.78 is 0. The Kier molecular flexibility index (Phi) is 4.94. The standard InChI is InChI=1S/C18H21N3O2S/c1-20(2)13-7-8-19-15(11-13)18(23)21-9-3-5-14(21)12-16(22)17-6-4-10-24-17/h4,6-8,10-11,14H,3,5,9,12H2,1-2H3. The Bertz CT molecular complexity index is 728. The van der Waals surface area contributed by atoms with Gasteiger partial charge in [-0.05, 0) is 36.4 Å². The topological polar surface area (TPSA) is 53.5 Å². The van der Waals surface area contributed by atoms with Gasteiger partial charge in [0.25, 0.3) is 5.91 Å². The molecule has 0 spiro atoms. The van der Waals surface area contributed by atoms with Crippen LogP contribution >= 0.6 is 11.3 Å². The monoisotopic (exact) mass is 343 g/mol. The number of likely N-dealkylation sites (tertiary alicyclic amines) is 1. The first-order valence-electron chi connectivity index (χ1n) is 8.07. The maximum Gasteiger partial charge on any atom is 0.272 e. The maximum atomic E-state index is 12.8. The number of thiophene rings is 1. The first kappa shape index (κ1) is 16.6. The van der Waals surface area contributed by atoms with Gasteiger partial charge in [0.15, 0.2) is 5.78 Å². The van der Waals surface area contributed by atoms with Gasteiger partial charge in [0.05, 0.1) is 4.88 Å². The molecule has 2 aromatic heterocycles. The molecule has 3 heterocycles. The van der Waals surface area contributed by atoms with Gasteiger partial charge in [-0.15, -0.1) is 11.3 Å². The second-order valence-corrected chi connectivity index (χ2v) is 7.14. The average Bonchev–Trinajstić information content (AvgIpc) is 3.26. The second kappa shape index (κ2) is 7.13. The third-order valence-corrected chi connectivity index (χ3v) is 5.24. The highest BCUT2D eigenvalue weighted by Crippen LogP contribution is 2.25. The third kappa shape index (κ3) is 3.48. The smallest absolute Gasteiger partial charge is 0.272 e. The number of aromatic nitrogens is 1. The van der Waals surface area contributed by atoms with Crippen LogP contribution in [0.5, 0.6) is 0 Å². The van der Waals surface area contributed by atoms with Crippen molar-refractivity contribution in [2.75, 3.05) is 25.5 Å². The van der Waals surface area contributed by atoms with Crippen molar-refractivity contribution >= 4 is 28.7 Å². The summed E-state index contributed by atoms with van der Waals surface area (Å²) in [6.45, 7) is 0.690. The van der Waals surface area contributed by atoms with E-state index < -0.39 is 0 Å². The molecule has 1 saturated heterocycles. The summed E-state index contributed by atoms with van der Waals surface area (Å²) >= 11 is 1.45. The summed E-state index contributed by atoms with van der Waals surface area (Å²) in [5, 5.41) is 1.90. The quantitative estimate of drug-likeness (QED) is 0.783. The Hall–Kier alpha value is -2.21. The van der Waals surface area contributed by atoms with Crippen molar-refractivity contribution in [1.29, 1.82) is 0 Å². The molecule has 1 amide bonds. The molecule has 126 valence electrons. The fourth-order valence-corrected chi connectivity index (χ4v) is 3.70. The fraction of sp³-hybridized carbons (Fsp3) is 0.389. The average molecular weight is 343 g/mol. The van der Waals surface area contributed by atoms with E-state index in [4.69, 9.17) is 0 Å². The first-order chi connectivity index (χ1) is 11.6. The van der Waals surface area contributed by atoms with Crippen molar-refractivity contribution in [1.82, 2.24) is 9.88 Å². The molecule has 0 aliphatic carbocycles. The zero-order valence-electron chi connectivity index (χ0n) is 13.9. The van der Waals surface area contributed by atoms with E-state index in [2.05, 4.69) is 4.98 Å². The molecule has 3 rings (SSSR count). The summed E-state index contributed by atoms with van der Waals surface area (Å²) in [4.78, 5) is 33.9. The van der Waals surface area contributed by atoms with Crippen LogP contribution in [0.2, 0.25) is 0 Å². The molecular weight excluding hydrogens is 322 g/mol. The van der Waals surface area contributed by atoms with E-state index in [1.165, 1.54) is 11.3 Å². The van der Waals surface area contributed by atoms with E-state index in [-0.39, 0.29) is 17.7 Å². The number of hydrogen-bond donors (Lipinski definition) is 0. The van der Waals surface area contributed by atoms with Crippen LogP contribution in [-0.4, -0.2) is 48.3 Å². The van der Waals surface area contributed by atoms with Gasteiger partial charge in [-0.3, -0.25) is 14.6 Å². The maximum absolute atomic E-state index is 12.8. The van der Waals surface area contributed by atoms with E-state index in [9.17, 15) is 9.59 Å². The normalized spacial score (nSPS) is 17.1. The van der Waals surface area contributed by atoms with E-state index >= 15 is 0 Å². The molecule has 1 fully saturated rings. The van der Waals surface area contributed by atoms with Gasteiger partial charge in [0.2, 0.25) is 0 Å². The van der Waals surface area contributed by atoms with Crippen LogP contribution in [0.25, 0.3) is 0 Å². The zero-order valence-corrected chi connectivity index (χ0v) is 14.8. The molecule has 24 heavy (non-hydrogen) atoms. The van der Waals surface area contributed by atoms with Gasteiger partial charge >= 0.3 is 0 Å². The van der Waals surface area contributed by atoms with Crippen molar-refractivity contribution in [3.63, 3.8) is 0 Å². The zero-order chi connectivity index (χ0) is 17.1. The molecule has 0 saturated carbocycles. The van der Waals surface area contributed by atoms with Crippen LogP contribution in [0.4, 0.5) is 5.69 Å². The molecule has 0 bridgehead atoms. The molecule has 5 nitrogen and oxygen atoms in total. The summed E-state index contributed by atoms with van der Waals surface area (Å²) in [6, 6.07) is 7.37. The van der Waals surface area contributed by atoms with Crippen molar-refractivity contribution < 1.29 is 9.59 Å². The number of rotatable bonds is 5. The summed E-state index contributed by atoms with van der Waals surface area (Å²) in [5.41, 5.74) is 1.38. The summed E-state index contributed by atoms with van der Waals surface area (Å²) in [5.74, 6) is 0.0323. The number of pyridine rings is 1. The lowest BCUT2D eigenvalue weighted by molar-refractivity contribution is 0.0712. The summed E-state index contributed by atoms with van der Waals surface area (Å²) in [7, 11) is 3.86. The predicted molar refractivity (Wildman–Crippen MR) is 95.9 cm³/mol. The lowest BCUT2D eigenvalue weighted by Gasteiger charge is -2.24. The molecule has 0 N–H and O–H groups in total. The Morgan fingerprint density at radius 2 is 2.21 bits per heavy atom. The number of Topliss-reactive ketones (excluding diaryl/α,β-unsaturated/α-hetero) is 1. The van der Waals surface area contributed by atoms with E-state index in [0.717, 1.165) is 23.4 Å². The largest absolute Gasteiger partial charge is 0.378 e. The molecule has 1 atom stereocenters. The SMILES string of the molecule is CN(C)c1ccnc(C(=O)N2CCCC2CC(=O)c2cccs2)c1. The minimum Gasteiger partial charge on any atom is -0.378 e. The number of carbonyl (C=O) groups is 2. The number of carbonyl (C=O) groups excluding carboxylic acids is 2. The highest BCUT2D eigenvalue weighted by molar-refractivity contribution is 7.12. The molecule has 0 aromatic carbocycles. The van der Waals surface area contributed by atoms with Crippen LogP contribution in [0.1, 0.15) is 39.4 Å². The number of ketones is 1. The first-order valence-corrected chi connectivity index (χ1v) is 8.95. The van der Waals surface area contributed by atoms with Crippen LogP contribution in [0, 0.1) is 0 Å². The second-order valence-electron chi connectivity index (χ2n) is 6.19. The van der Waals surface area contributed by atoms with Gasteiger partial charge in [-0.2, -0.15) is 0 Å². The number of anilines is 1. The van der Waals surface area contributed by atoms with Gasteiger partial charge in [0, 0.05) is 45.0 Å². The Balaban J connectivity index is 1.74. The van der Waals surface area contributed by atoms with Crippen LogP contribution < -0.4 is 4.90 Å². The lowest BCUT2D eigenvalue weighted by Crippen LogP contribution is -2.37. The predicted octanol–water partition coefficient (Wildman–Crippen LogP) is 3.09. The Morgan fingerprint density at radius 3 is 2.92 bits per heavy atom.